The van der Waals surface area contributed by atoms with E-state index in [1.165, 1.54) is 11.3 Å². The highest BCUT2D eigenvalue weighted by atomic mass is 32.1. The Kier molecular flexibility index (Phi) is 4.86. The topological polar surface area (TPSA) is 71.2 Å². The van der Waals surface area contributed by atoms with Gasteiger partial charge in [-0.2, -0.15) is 0 Å². The van der Waals surface area contributed by atoms with Crippen LogP contribution in [-0.4, -0.2) is 35.4 Å². The van der Waals surface area contributed by atoms with Crippen LogP contribution in [0, 0.1) is 11.8 Å². The number of amides is 1. The first-order valence-electron chi connectivity index (χ1n) is 7.32. The summed E-state index contributed by atoms with van der Waals surface area (Å²) in [6, 6.07) is 0. The largest absolute Gasteiger partial charge is 0.382 e. The molecular weight excluding hydrogens is 272 g/mol. The van der Waals surface area contributed by atoms with Gasteiger partial charge in [0.15, 0.2) is 5.13 Å². The fourth-order valence-corrected chi connectivity index (χ4v) is 3.55. The van der Waals surface area contributed by atoms with Crippen LogP contribution in [0.3, 0.4) is 0 Å². The Morgan fingerprint density at radius 3 is 2.70 bits per heavy atom. The molecule has 5 nitrogen and oxygen atoms in total. The van der Waals surface area contributed by atoms with Gasteiger partial charge in [-0.3, -0.25) is 4.79 Å². The van der Waals surface area contributed by atoms with Gasteiger partial charge in [-0.1, -0.05) is 25.2 Å². The van der Waals surface area contributed by atoms with Gasteiger partial charge in [-0.05, 0) is 31.6 Å². The molecule has 0 bridgehead atoms. The first kappa shape index (κ1) is 15.1. The Morgan fingerprint density at radius 2 is 2.15 bits per heavy atom. The van der Waals surface area contributed by atoms with Crippen LogP contribution in [0.2, 0.25) is 0 Å². The number of aromatic nitrogens is 1. The fraction of sp³-hybridized carbons (Fsp3) is 0.714. The summed E-state index contributed by atoms with van der Waals surface area (Å²) in [6.45, 7) is 8.94. The number of hydrogen-bond acceptors (Lipinski definition) is 5. The quantitative estimate of drug-likeness (QED) is 0.896. The molecule has 3 N–H and O–H groups in total. The fourth-order valence-electron chi connectivity index (χ4n) is 2.62. The zero-order valence-electron chi connectivity index (χ0n) is 12.5. The van der Waals surface area contributed by atoms with Gasteiger partial charge in [0.1, 0.15) is 10.7 Å². The third-order valence-electron chi connectivity index (χ3n) is 3.95. The first-order chi connectivity index (χ1) is 9.52. The maximum absolute atomic E-state index is 12.5. The average Bonchev–Trinajstić information content (AvgIpc) is 2.79. The standard InChI is InChI=1S/C14H24N4OS/c1-4-16-14-17-12(15)11(20-14)13(19)18-7-5-10(6-8-18)9(2)3/h9-10H,4-8,15H2,1-3H3,(H,16,17). The number of anilines is 2. The van der Waals surface area contributed by atoms with Gasteiger partial charge in [-0.25, -0.2) is 4.98 Å². The first-order valence-corrected chi connectivity index (χ1v) is 8.14. The molecule has 0 unspecified atom stereocenters. The smallest absolute Gasteiger partial charge is 0.267 e. The highest BCUT2D eigenvalue weighted by Gasteiger charge is 2.27. The van der Waals surface area contributed by atoms with E-state index in [0.717, 1.165) is 43.5 Å². The normalized spacial score (nSPS) is 16.7. The van der Waals surface area contributed by atoms with E-state index in [-0.39, 0.29) is 5.91 Å². The van der Waals surface area contributed by atoms with Gasteiger partial charge < -0.3 is 16.0 Å². The Morgan fingerprint density at radius 1 is 1.50 bits per heavy atom. The number of rotatable bonds is 4. The second-order valence-corrected chi connectivity index (χ2v) is 6.64. The van der Waals surface area contributed by atoms with Crippen LogP contribution in [0.4, 0.5) is 10.9 Å². The number of nitrogens with two attached hydrogens (primary N) is 1. The number of carbonyl (C=O) groups is 1. The molecule has 0 aliphatic carbocycles. The number of likely N-dealkylation sites (tertiary alicyclic amines) is 1. The molecular formula is C14H24N4OS. The van der Waals surface area contributed by atoms with Crippen molar-refractivity contribution in [3.8, 4) is 0 Å². The van der Waals surface area contributed by atoms with Crippen molar-refractivity contribution >= 4 is 28.2 Å². The number of nitrogen functional groups attached to an aromatic ring is 1. The molecule has 1 aliphatic rings. The lowest BCUT2D eigenvalue weighted by molar-refractivity contribution is 0.0673. The molecule has 0 atom stereocenters. The van der Waals surface area contributed by atoms with E-state index in [1.807, 2.05) is 11.8 Å². The van der Waals surface area contributed by atoms with E-state index in [4.69, 9.17) is 5.73 Å². The molecule has 2 rings (SSSR count). The Hall–Kier alpha value is -1.30. The third kappa shape index (κ3) is 3.23. The average molecular weight is 296 g/mol. The summed E-state index contributed by atoms with van der Waals surface area (Å²) in [4.78, 5) is 19.2. The Labute approximate surface area is 124 Å². The van der Waals surface area contributed by atoms with E-state index in [2.05, 4.69) is 24.1 Å². The van der Waals surface area contributed by atoms with Gasteiger partial charge >= 0.3 is 0 Å². The SMILES string of the molecule is CCNc1nc(N)c(C(=O)N2CCC(C(C)C)CC2)s1. The molecule has 1 aromatic heterocycles. The van der Waals surface area contributed by atoms with E-state index in [0.29, 0.717) is 16.6 Å². The molecule has 1 aromatic rings. The minimum absolute atomic E-state index is 0.0337. The summed E-state index contributed by atoms with van der Waals surface area (Å²) in [6.07, 6.45) is 2.17. The summed E-state index contributed by atoms with van der Waals surface area (Å²) < 4.78 is 0. The predicted octanol–water partition coefficient (Wildman–Crippen LogP) is 2.67. The monoisotopic (exact) mass is 296 g/mol. The van der Waals surface area contributed by atoms with E-state index >= 15 is 0 Å². The van der Waals surface area contributed by atoms with Crippen LogP contribution >= 0.6 is 11.3 Å². The molecule has 0 saturated carbocycles. The summed E-state index contributed by atoms with van der Waals surface area (Å²) in [5, 5.41) is 3.83. The molecule has 2 heterocycles. The molecule has 0 aromatic carbocycles. The number of thiazole rings is 1. The number of hydrogen-bond donors (Lipinski definition) is 2. The van der Waals surface area contributed by atoms with Crippen LogP contribution in [0.15, 0.2) is 0 Å². The maximum atomic E-state index is 12.5. The van der Waals surface area contributed by atoms with Crippen LogP contribution < -0.4 is 11.1 Å². The highest BCUT2D eigenvalue weighted by molar-refractivity contribution is 7.18. The van der Waals surface area contributed by atoms with E-state index < -0.39 is 0 Å². The molecule has 0 radical (unpaired) electrons. The van der Waals surface area contributed by atoms with Gasteiger partial charge in [0.25, 0.3) is 5.91 Å². The van der Waals surface area contributed by atoms with Crippen molar-refractivity contribution in [2.24, 2.45) is 11.8 Å². The summed E-state index contributed by atoms with van der Waals surface area (Å²) >= 11 is 1.35. The lowest BCUT2D eigenvalue weighted by Crippen LogP contribution is -2.39. The van der Waals surface area contributed by atoms with Crippen LogP contribution in [0.5, 0.6) is 0 Å². The van der Waals surface area contributed by atoms with Crippen molar-refractivity contribution in [3.05, 3.63) is 4.88 Å². The zero-order valence-corrected chi connectivity index (χ0v) is 13.3. The second-order valence-electron chi connectivity index (χ2n) is 5.64. The lowest BCUT2D eigenvalue weighted by atomic mass is 9.87. The summed E-state index contributed by atoms with van der Waals surface area (Å²) in [5.74, 6) is 1.81. The van der Waals surface area contributed by atoms with Crippen molar-refractivity contribution in [1.29, 1.82) is 0 Å². The predicted molar refractivity (Wildman–Crippen MR) is 84.2 cm³/mol. The van der Waals surface area contributed by atoms with Crippen LogP contribution in [-0.2, 0) is 0 Å². The van der Waals surface area contributed by atoms with Crippen molar-refractivity contribution in [3.63, 3.8) is 0 Å². The zero-order chi connectivity index (χ0) is 14.7. The minimum Gasteiger partial charge on any atom is -0.382 e. The number of nitrogens with zero attached hydrogens (tertiary/aromatic N) is 2. The Balaban J connectivity index is 2.01. The number of nitrogens with one attached hydrogen (secondary N) is 1. The molecule has 1 aliphatic heterocycles. The van der Waals surface area contributed by atoms with E-state index in [9.17, 15) is 4.79 Å². The molecule has 1 fully saturated rings. The summed E-state index contributed by atoms with van der Waals surface area (Å²) in [7, 11) is 0. The molecule has 20 heavy (non-hydrogen) atoms. The summed E-state index contributed by atoms with van der Waals surface area (Å²) in [5.41, 5.74) is 5.87. The lowest BCUT2D eigenvalue weighted by Gasteiger charge is -2.33. The number of piperidine rings is 1. The Bertz CT molecular complexity index is 464. The van der Waals surface area contributed by atoms with Crippen LogP contribution in [0.1, 0.15) is 43.3 Å². The third-order valence-corrected chi connectivity index (χ3v) is 4.96. The maximum Gasteiger partial charge on any atom is 0.267 e. The van der Waals surface area contributed by atoms with Crippen molar-refractivity contribution in [2.45, 2.75) is 33.6 Å². The van der Waals surface area contributed by atoms with E-state index in [1.54, 1.807) is 0 Å². The second kappa shape index (κ2) is 6.43. The van der Waals surface area contributed by atoms with Crippen molar-refractivity contribution in [2.75, 3.05) is 30.7 Å². The molecule has 0 spiro atoms. The van der Waals surface area contributed by atoms with Gasteiger partial charge in [0, 0.05) is 19.6 Å². The highest BCUT2D eigenvalue weighted by Crippen LogP contribution is 2.29. The number of carbonyl (C=O) groups excluding carboxylic acids is 1. The molecule has 1 amide bonds. The van der Waals surface area contributed by atoms with Crippen molar-refractivity contribution < 1.29 is 4.79 Å². The van der Waals surface area contributed by atoms with Gasteiger partial charge in [0.2, 0.25) is 0 Å². The molecule has 1 saturated heterocycles. The van der Waals surface area contributed by atoms with Crippen molar-refractivity contribution in [1.82, 2.24) is 9.88 Å². The molecule has 6 heteroatoms. The van der Waals surface area contributed by atoms with Gasteiger partial charge in [-0.15, -0.1) is 0 Å². The van der Waals surface area contributed by atoms with Crippen LogP contribution in [0.25, 0.3) is 0 Å². The van der Waals surface area contributed by atoms with Gasteiger partial charge in [0.05, 0.1) is 0 Å². The minimum atomic E-state index is 0.0337. The molecule has 112 valence electrons.